The molecule has 4 radical (unpaired) electrons. The molecule has 12 saturated heterocycles. The maximum absolute atomic E-state index is 11.5. The lowest BCUT2D eigenvalue weighted by atomic mass is 9.50. The lowest BCUT2D eigenvalue weighted by molar-refractivity contribution is -0.279. The van der Waals surface area contributed by atoms with Gasteiger partial charge in [0.25, 0.3) is 38.6 Å². The van der Waals surface area contributed by atoms with E-state index in [0.717, 1.165) is 6.42 Å². The lowest BCUT2D eigenvalue weighted by Gasteiger charge is -2.40. The molecule has 608 valence electrons. The van der Waals surface area contributed by atoms with E-state index in [0.29, 0.717) is 38.3 Å². The zero-order chi connectivity index (χ0) is 81.3. The van der Waals surface area contributed by atoms with E-state index in [2.05, 4.69) is 0 Å². The lowest BCUT2D eigenvalue weighted by Crippen LogP contribution is -2.58. The Morgan fingerprint density at radius 3 is 1.18 bits per heavy atom. The van der Waals surface area contributed by atoms with Crippen LogP contribution >= 0.6 is 67.0 Å². The molecule has 2 unspecified atom stereocenters. The van der Waals surface area contributed by atoms with E-state index in [1.165, 1.54) is 0 Å². The van der Waals surface area contributed by atoms with E-state index < -0.39 is 143 Å². The molecule has 12 aliphatic rings. The fourth-order valence-electron chi connectivity index (χ4n) is 17.0. The second-order valence-electron chi connectivity index (χ2n) is 33.0. The van der Waals surface area contributed by atoms with Crippen LogP contribution in [0.5, 0.6) is 0 Å². The molecule has 0 bridgehead atoms. The third-order valence-corrected chi connectivity index (χ3v) is 25.7. The van der Waals surface area contributed by atoms with Gasteiger partial charge in [-0.1, -0.05) is 47.9 Å². The van der Waals surface area contributed by atoms with Crippen molar-refractivity contribution in [1.29, 1.82) is 0 Å². The predicted molar refractivity (Wildman–Crippen MR) is 415 cm³/mol. The highest BCUT2D eigenvalue weighted by atomic mass is 31.1. The van der Waals surface area contributed by atoms with E-state index in [9.17, 15) is 42.7 Å². The Balaban J connectivity index is 0.000000172. The standard InChI is InChI=1S/C15H26B2O7P2.C13H22O7.C12H22B2O5P2.2C11H20B2O6P2/c1-13(2)20-5-9(21-13)15(6-18-7-25-16)11(19-8-26-17)10-12(24-15)23-14(3,4)22-10;1-11(2)16-5-7(17-11)13(6-14)9(15)8-10(20-13)19-12(3,4)18-8;1-6-12(7-13(4)20-15)9(14(5)21-16)8-10(19-12)18-11(2,3)17-8;1-10(2)17-7-8(13(4)21-15)11(16-5,6-12(3)20-14)19-9(7)18-10;1-10(2)17-7-8(13(4)21-16)11(6-14,5-12(3)20-15)19-9(7)18-10/h9-12,25-26H,5-8H2,1-4H3;7-10,14-15H,5-6H2,1-4H3;8-10H,6-7H2,1-5H3;7-9H,6H2,1-5H3;7-9,14H,5-6H2,1-4H3/t9-,10-,11+,12+,15+;7-,8-,9+,10+,13+;8-,9+,10+,12-;7-,8+,9+,11-;7-,8+,9+,11+/m11111/s1. The third-order valence-electron chi connectivity index (χ3n) is 21.4. The normalized spacial score (nSPS) is 40.9. The maximum atomic E-state index is 11.5. The first kappa shape index (κ1) is 95.5. The highest BCUT2D eigenvalue weighted by Gasteiger charge is 2.71. The van der Waals surface area contributed by atoms with Crippen molar-refractivity contribution in [3.63, 3.8) is 0 Å². The number of aliphatic hydroxyl groups is 3. The summed E-state index contributed by atoms with van der Waals surface area (Å²) in [6.07, 6.45) is -5.37. The van der Waals surface area contributed by atoms with E-state index in [4.69, 9.17) is 119 Å². The molecule has 0 spiro atoms. The maximum Gasteiger partial charge on any atom is 0.265 e. The molecule has 3 N–H and O–H groups in total. The number of methoxy groups -OCH3 is 1. The molecule has 47 heteroatoms. The van der Waals surface area contributed by atoms with Crippen LogP contribution in [0.15, 0.2) is 0 Å². The molecule has 0 saturated carbocycles. The van der Waals surface area contributed by atoms with Gasteiger partial charge in [-0.15, -0.1) is 16.9 Å². The molecule has 0 amide bonds. The van der Waals surface area contributed by atoms with Gasteiger partial charge in [0, 0.05) is 24.6 Å². The first-order valence-electron chi connectivity index (χ1n) is 37.0. The average Bonchev–Trinajstić information content (AvgIpc) is 1.59. The summed E-state index contributed by atoms with van der Waals surface area (Å²) >= 11 is 0. The summed E-state index contributed by atoms with van der Waals surface area (Å²) < 4.78 is 197. The molecule has 12 heterocycles. The number of ether oxygens (including phenoxy) is 22. The summed E-state index contributed by atoms with van der Waals surface area (Å²) in [6.45, 7) is 38.8. The Bertz CT molecular complexity index is 2900. The minimum atomic E-state index is -1.29. The van der Waals surface area contributed by atoms with Gasteiger partial charge in [-0.2, -0.15) is 0 Å². The molecular weight excluding hydrogens is 1570 g/mol. The number of hydrogen-bond acceptors (Lipinski definition) is 31. The predicted octanol–water partition coefficient (Wildman–Crippen LogP) is 10.3. The van der Waals surface area contributed by atoms with Gasteiger partial charge in [0.1, 0.15) is 70.1 Å². The molecule has 12 rings (SSSR count). The Labute approximate surface area is 659 Å². The largest absolute Gasteiger partial charge is 0.393 e. The second kappa shape index (κ2) is 38.0. The van der Waals surface area contributed by atoms with Gasteiger partial charge in [0.2, 0.25) is 0 Å². The van der Waals surface area contributed by atoms with Crippen molar-refractivity contribution in [2.75, 3.05) is 52.8 Å². The molecule has 31 nitrogen and oxygen atoms in total. The van der Waals surface area contributed by atoms with Crippen LogP contribution in [0, 0.1) is 0 Å². The van der Waals surface area contributed by atoms with E-state index in [1.807, 2.05) is 103 Å². The number of rotatable bonds is 28. The minimum absolute atomic E-state index is 0.00373. The molecule has 0 aromatic carbocycles. The van der Waals surface area contributed by atoms with Gasteiger partial charge in [0.05, 0.1) is 107 Å². The van der Waals surface area contributed by atoms with Crippen LogP contribution in [0.4, 0.5) is 0 Å². The fourth-order valence-corrected chi connectivity index (χ4v) is 20.3. The van der Waals surface area contributed by atoms with Gasteiger partial charge in [-0.25, -0.2) is 0 Å². The summed E-state index contributed by atoms with van der Waals surface area (Å²) in [5, 5.41) is 30.2. The Morgan fingerprint density at radius 1 is 0.422 bits per heavy atom. The van der Waals surface area contributed by atoms with E-state index >= 15 is 0 Å². The van der Waals surface area contributed by atoms with Gasteiger partial charge in [-0.3, -0.25) is 27.4 Å². The van der Waals surface area contributed by atoms with Crippen molar-refractivity contribution >= 4 is 121 Å². The topological polar surface area (TPSA) is 366 Å². The average molecular weight is 1690 g/mol. The SMILES string of the molecule is CB(C[C@@]1(CO)O[C@@H]2OC(C)(C)O[C@@H]2[C@@H]1B(C)P=O)P=O.CC1(C)O[C@H]2O[C@@](CO)([C@H]3COC(C)(C)O3)[C@@H](O)[C@H]2O1.CC[C@]1(CB(C)P=O)O[C@@H]2OC(C)(C)O[C@@H]2[C@@H]1B(C)P=O.CO[C@]1(CB(C)P=O)O[C@@H]2OC(C)(C)O[C@@H]2[C@@H]1B(C)P=O.[B]PCOC[C@@]1([C@H]2COC(C)(C)O2)O[C@@H]2OC(C)(C)O[C@@H]2[C@@H]1OCP[B]. The summed E-state index contributed by atoms with van der Waals surface area (Å²) in [6, 6.07) is 0. The molecule has 0 aliphatic carbocycles. The summed E-state index contributed by atoms with van der Waals surface area (Å²) in [5.41, 5.74) is -3.67. The first-order valence-corrected chi connectivity index (χ1v) is 44.9. The van der Waals surface area contributed by atoms with Crippen molar-refractivity contribution in [1.82, 2.24) is 0 Å². The summed E-state index contributed by atoms with van der Waals surface area (Å²) in [4.78, 5) is 0. The van der Waals surface area contributed by atoms with Crippen LogP contribution in [0.25, 0.3) is 0 Å². The van der Waals surface area contributed by atoms with Crippen molar-refractivity contribution in [3.8, 4) is 0 Å². The highest BCUT2D eigenvalue weighted by Crippen LogP contribution is 2.59. The molecule has 12 aliphatic heterocycles. The smallest absolute Gasteiger partial charge is 0.265 e. The number of aliphatic hydroxyl groups excluding tert-OH is 3. The quantitative estimate of drug-likeness (QED) is 0.0372. The number of fused-ring (bicyclic) bond motifs is 5. The monoisotopic (exact) mass is 1690 g/mol. The zero-order valence-electron chi connectivity index (χ0n) is 66.7. The van der Waals surface area contributed by atoms with E-state index in [-0.39, 0.29) is 161 Å². The van der Waals surface area contributed by atoms with Crippen LogP contribution in [0.1, 0.15) is 110 Å². The van der Waals surface area contributed by atoms with Crippen LogP contribution in [-0.2, 0) is 132 Å². The number of hydrogen-bond donors (Lipinski definition) is 3. The second-order valence-corrected chi connectivity index (χ2v) is 40.7. The summed E-state index contributed by atoms with van der Waals surface area (Å²) in [5.74, 6) is -6.84. The zero-order valence-corrected chi connectivity index (χ0v) is 74.0. The van der Waals surface area contributed by atoms with Crippen molar-refractivity contribution < 1.29 is 147 Å². The van der Waals surface area contributed by atoms with Crippen molar-refractivity contribution in [2.45, 2.75) is 343 Å². The molecular formula is C62H110B8O31P8. The van der Waals surface area contributed by atoms with Crippen molar-refractivity contribution in [3.05, 3.63) is 0 Å². The Morgan fingerprint density at radius 2 is 0.789 bits per heavy atom. The van der Waals surface area contributed by atoms with Crippen LogP contribution in [0.2, 0.25) is 77.4 Å². The molecule has 0 aromatic heterocycles. The van der Waals surface area contributed by atoms with Crippen LogP contribution in [0.3, 0.4) is 0 Å². The van der Waals surface area contributed by atoms with Gasteiger partial charge in [-0.05, 0) is 122 Å². The third kappa shape index (κ3) is 21.5. The van der Waals surface area contributed by atoms with Crippen LogP contribution in [-0.4, -0.2) is 277 Å². The molecule has 24 atom stereocenters. The Kier molecular flexibility index (Phi) is 33.2. The fraction of sp³-hybridized carbons (Fsp3) is 1.00. The summed E-state index contributed by atoms with van der Waals surface area (Å²) in [7, 11) is 13.3. The van der Waals surface area contributed by atoms with Crippen molar-refractivity contribution in [2.24, 2.45) is 0 Å². The first-order chi connectivity index (χ1) is 50.8. The molecule has 0 aromatic rings. The molecule has 12 fully saturated rings. The van der Waals surface area contributed by atoms with Gasteiger partial charge >= 0.3 is 0 Å². The minimum Gasteiger partial charge on any atom is -0.393 e. The van der Waals surface area contributed by atoms with E-state index in [1.54, 1.807) is 48.7 Å². The Hall–Kier alpha value is 0.979. The highest BCUT2D eigenvalue weighted by molar-refractivity contribution is 7.69. The van der Waals surface area contributed by atoms with Gasteiger partial charge in [0.15, 0.2) is 88.9 Å². The molecule has 109 heavy (non-hydrogen) atoms. The van der Waals surface area contributed by atoms with Crippen LogP contribution < -0.4 is 0 Å². The van der Waals surface area contributed by atoms with Gasteiger partial charge < -0.3 is 120 Å².